The molecule has 98 valence electrons. The number of phenols is 2. The minimum absolute atomic E-state index is 0.0304. The molecule has 0 spiro atoms. The van der Waals surface area contributed by atoms with Crippen LogP contribution in [0.25, 0.3) is 0 Å². The van der Waals surface area contributed by atoms with Crippen molar-refractivity contribution >= 4 is 5.91 Å². The van der Waals surface area contributed by atoms with Gasteiger partial charge in [0, 0.05) is 13.1 Å². The number of morpholine rings is 1. The zero-order valence-electron chi connectivity index (χ0n) is 10.5. The van der Waals surface area contributed by atoms with Gasteiger partial charge >= 0.3 is 0 Å². The summed E-state index contributed by atoms with van der Waals surface area (Å²) in [6.07, 6.45) is -0.0608. The van der Waals surface area contributed by atoms with Gasteiger partial charge in [0.05, 0.1) is 17.8 Å². The summed E-state index contributed by atoms with van der Waals surface area (Å²) >= 11 is 0. The van der Waals surface area contributed by atoms with Crippen molar-refractivity contribution in [1.82, 2.24) is 4.90 Å². The lowest BCUT2D eigenvalue weighted by atomic mass is 10.1. The summed E-state index contributed by atoms with van der Waals surface area (Å²) in [6, 6.07) is 3.94. The highest BCUT2D eigenvalue weighted by atomic mass is 16.5. The lowest BCUT2D eigenvalue weighted by Crippen LogP contribution is -2.48. The van der Waals surface area contributed by atoms with Crippen LogP contribution in [0.4, 0.5) is 0 Å². The van der Waals surface area contributed by atoms with E-state index in [0.29, 0.717) is 13.1 Å². The molecule has 2 atom stereocenters. The van der Waals surface area contributed by atoms with E-state index in [0.717, 1.165) is 0 Å². The second-order valence-electron chi connectivity index (χ2n) is 4.67. The molecular weight excluding hydrogens is 234 g/mol. The van der Waals surface area contributed by atoms with E-state index in [4.69, 9.17) is 4.74 Å². The first-order valence-electron chi connectivity index (χ1n) is 5.94. The Morgan fingerprint density at radius 1 is 1.28 bits per heavy atom. The van der Waals surface area contributed by atoms with Crippen LogP contribution >= 0.6 is 0 Å². The Kier molecular flexibility index (Phi) is 3.43. The van der Waals surface area contributed by atoms with E-state index in [9.17, 15) is 15.0 Å². The van der Waals surface area contributed by atoms with Gasteiger partial charge in [-0.15, -0.1) is 0 Å². The largest absolute Gasteiger partial charge is 0.508 e. The fourth-order valence-electron chi connectivity index (χ4n) is 2.21. The van der Waals surface area contributed by atoms with Crippen LogP contribution in [0.15, 0.2) is 18.2 Å². The monoisotopic (exact) mass is 251 g/mol. The predicted molar refractivity (Wildman–Crippen MR) is 65.7 cm³/mol. The molecule has 0 bridgehead atoms. The van der Waals surface area contributed by atoms with E-state index in [2.05, 4.69) is 0 Å². The summed E-state index contributed by atoms with van der Waals surface area (Å²) in [7, 11) is 0. The molecule has 18 heavy (non-hydrogen) atoms. The van der Waals surface area contributed by atoms with Crippen LogP contribution in [0, 0.1) is 0 Å². The number of phenolic OH excluding ortho intramolecular Hbond substituents is 2. The molecule has 1 aliphatic heterocycles. The quantitative estimate of drug-likeness (QED) is 0.739. The van der Waals surface area contributed by atoms with E-state index < -0.39 is 0 Å². The fraction of sp³-hybridized carbons (Fsp3) is 0.462. The molecule has 1 aromatic rings. The van der Waals surface area contributed by atoms with Gasteiger partial charge in [0.15, 0.2) is 0 Å². The number of carbonyl (C=O) groups is 1. The Morgan fingerprint density at radius 3 is 2.50 bits per heavy atom. The van der Waals surface area contributed by atoms with Crippen molar-refractivity contribution in [3.63, 3.8) is 0 Å². The summed E-state index contributed by atoms with van der Waals surface area (Å²) in [5.41, 5.74) is 0.122. The Morgan fingerprint density at radius 2 is 1.89 bits per heavy atom. The SMILES string of the molecule is C[C@@H]1CN(C(=O)c2cc(O)ccc2O)C[C@H](C)O1. The van der Waals surface area contributed by atoms with Crippen LogP contribution in [-0.2, 0) is 4.74 Å². The van der Waals surface area contributed by atoms with Crippen LogP contribution in [0.2, 0.25) is 0 Å². The Hall–Kier alpha value is -1.75. The minimum Gasteiger partial charge on any atom is -0.508 e. The smallest absolute Gasteiger partial charge is 0.257 e. The van der Waals surface area contributed by atoms with Gasteiger partial charge in [-0.25, -0.2) is 0 Å². The van der Waals surface area contributed by atoms with Crippen molar-refractivity contribution in [2.24, 2.45) is 0 Å². The predicted octanol–water partition coefficient (Wildman–Crippen LogP) is 1.35. The maximum absolute atomic E-state index is 12.3. The number of aromatic hydroxyl groups is 2. The highest BCUT2D eigenvalue weighted by Crippen LogP contribution is 2.24. The zero-order chi connectivity index (χ0) is 13.3. The van der Waals surface area contributed by atoms with E-state index in [1.54, 1.807) is 4.90 Å². The molecule has 0 radical (unpaired) electrons. The number of hydrogen-bond acceptors (Lipinski definition) is 4. The first-order chi connectivity index (χ1) is 8.47. The van der Waals surface area contributed by atoms with Gasteiger partial charge in [-0.05, 0) is 32.0 Å². The highest BCUT2D eigenvalue weighted by Gasteiger charge is 2.28. The van der Waals surface area contributed by atoms with Crippen molar-refractivity contribution in [3.8, 4) is 11.5 Å². The molecule has 1 heterocycles. The van der Waals surface area contributed by atoms with Crippen LogP contribution in [-0.4, -0.2) is 46.3 Å². The molecule has 5 nitrogen and oxygen atoms in total. The first kappa shape index (κ1) is 12.7. The van der Waals surface area contributed by atoms with Gasteiger partial charge in [-0.1, -0.05) is 0 Å². The average Bonchev–Trinajstić information content (AvgIpc) is 2.30. The summed E-state index contributed by atoms with van der Waals surface area (Å²) in [5, 5.41) is 19.1. The lowest BCUT2D eigenvalue weighted by molar-refractivity contribution is -0.0586. The van der Waals surface area contributed by atoms with E-state index in [1.165, 1.54) is 18.2 Å². The standard InChI is InChI=1S/C13H17NO4/c1-8-6-14(7-9(2)18-8)13(17)11-5-10(15)3-4-12(11)16/h3-5,8-9,15-16H,6-7H2,1-2H3/t8-,9+. The highest BCUT2D eigenvalue weighted by molar-refractivity contribution is 5.97. The number of ether oxygens (including phenoxy) is 1. The van der Waals surface area contributed by atoms with E-state index in [-0.39, 0.29) is 35.2 Å². The van der Waals surface area contributed by atoms with Crippen molar-refractivity contribution in [3.05, 3.63) is 23.8 Å². The molecule has 1 aliphatic rings. The van der Waals surface area contributed by atoms with Crippen LogP contribution in [0.1, 0.15) is 24.2 Å². The molecule has 2 rings (SSSR count). The van der Waals surface area contributed by atoms with Gasteiger partial charge < -0.3 is 19.8 Å². The second kappa shape index (κ2) is 4.86. The lowest BCUT2D eigenvalue weighted by Gasteiger charge is -2.35. The third-order valence-electron chi connectivity index (χ3n) is 2.92. The summed E-state index contributed by atoms with van der Waals surface area (Å²) < 4.78 is 5.55. The third-order valence-corrected chi connectivity index (χ3v) is 2.92. The van der Waals surface area contributed by atoms with E-state index >= 15 is 0 Å². The number of benzene rings is 1. The van der Waals surface area contributed by atoms with Crippen molar-refractivity contribution in [2.75, 3.05) is 13.1 Å². The number of hydrogen-bond donors (Lipinski definition) is 2. The van der Waals surface area contributed by atoms with E-state index in [1.807, 2.05) is 13.8 Å². The Labute approximate surface area is 106 Å². The second-order valence-corrected chi connectivity index (χ2v) is 4.67. The molecule has 0 unspecified atom stereocenters. The summed E-state index contributed by atoms with van der Waals surface area (Å²) in [6.45, 7) is 4.77. The topological polar surface area (TPSA) is 70.0 Å². The van der Waals surface area contributed by atoms with Crippen molar-refractivity contribution in [1.29, 1.82) is 0 Å². The molecule has 1 amide bonds. The molecular formula is C13H17NO4. The minimum atomic E-state index is -0.287. The normalized spacial score (nSPS) is 24.0. The first-order valence-corrected chi connectivity index (χ1v) is 5.94. The number of amides is 1. The fourth-order valence-corrected chi connectivity index (χ4v) is 2.21. The number of nitrogens with zero attached hydrogens (tertiary/aromatic N) is 1. The van der Waals surface area contributed by atoms with Crippen molar-refractivity contribution < 1.29 is 19.7 Å². The van der Waals surface area contributed by atoms with Crippen LogP contribution < -0.4 is 0 Å². The molecule has 1 saturated heterocycles. The zero-order valence-corrected chi connectivity index (χ0v) is 10.5. The molecule has 0 aliphatic carbocycles. The number of rotatable bonds is 1. The summed E-state index contributed by atoms with van der Waals surface area (Å²) in [4.78, 5) is 13.9. The maximum atomic E-state index is 12.3. The van der Waals surface area contributed by atoms with Crippen molar-refractivity contribution in [2.45, 2.75) is 26.1 Å². The molecule has 1 aromatic carbocycles. The third kappa shape index (κ3) is 2.56. The Bertz CT molecular complexity index is 450. The molecule has 0 aromatic heterocycles. The Balaban J connectivity index is 2.22. The van der Waals surface area contributed by atoms with Gasteiger partial charge in [0.25, 0.3) is 5.91 Å². The van der Waals surface area contributed by atoms with Crippen LogP contribution in [0.3, 0.4) is 0 Å². The molecule has 2 N–H and O–H groups in total. The maximum Gasteiger partial charge on any atom is 0.257 e. The number of carbonyl (C=O) groups excluding carboxylic acids is 1. The van der Waals surface area contributed by atoms with Crippen LogP contribution in [0.5, 0.6) is 11.5 Å². The van der Waals surface area contributed by atoms with Gasteiger partial charge in [-0.2, -0.15) is 0 Å². The molecule has 5 heteroatoms. The van der Waals surface area contributed by atoms with Gasteiger partial charge in [0.1, 0.15) is 11.5 Å². The molecule has 1 fully saturated rings. The molecule has 0 saturated carbocycles. The summed E-state index contributed by atoms with van der Waals surface area (Å²) in [5.74, 6) is -0.444. The van der Waals surface area contributed by atoms with Gasteiger partial charge in [-0.3, -0.25) is 4.79 Å². The average molecular weight is 251 g/mol. The van der Waals surface area contributed by atoms with Gasteiger partial charge in [0.2, 0.25) is 0 Å².